The highest BCUT2D eigenvalue weighted by Gasteiger charge is 1.96. The number of halogens is 1. The number of hydrogen-bond donors (Lipinski definition) is 0. The van der Waals surface area contributed by atoms with E-state index in [-0.39, 0.29) is 0 Å². The number of aldehydes is 1. The van der Waals surface area contributed by atoms with Gasteiger partial charge >= 0.3 is 0 Å². The molecule has 0 N–H and O–H groups in total. The second-order valence-electron chi connectivity index (χ2n) is 2.30. The molecule has 0 aliphatic heterocycles. The molecular formula is C10H9BrO. The summed E-state index contributed by atoms with van der Waals surface area (Å²) < 4.78 is 0. The molecule has 1 aromatic carbocycles. The molecule has 0 aromatic heterocycles. The van der Waals surface area contributed by atoms with Gasteiger partial charge < -0.3 is 0 Å². The highest BCUT2D eigenvalue weighted by molar-refractivity contribution is 9.09. The monoisotopic (exact) mass is 224 g/mol. The predicted molar refractivity (Wildman–Crippen MR) is 54.3 cm³/mol. The Labute approximate surface area is 80.2 Å². The van der Waals surface area contributed by atoms with Gasteiger partial charge in [0.15, 0.2) is 0 Å². The van der Waals surface area contributed by atoms with E-state index in [2.05, 4.69) is 15.9 Å². The lowest BCUT2D eigenvalue weighted by Crippen LogP contribution is -1.84. The molecule has 0 fully saturated rings. The normalized spacial score (nSPS) is 11.2. The molecule has 2 heteroatoms. The van der Waals surface area contributed by atoms with Gasteiger partial charge in [0.2, 0.25) is 0 Å². The maximum absolute atomic E-state index is 10.6. The first-order valence-electron chi connectivity index (χ1n) is 3.65. The fourth-order valence-electron chi connectivity index (χ4n) is 0.948. The average Bonchev–Trinajstić information content (AvgIpc) is 2.15. The lowest BCUT2D eigenvalue weighted by atomic mass is 10.1. The van der Waals surface area contributed by atoms with Crippen LogP contribution in [0.5, 0.6) is 0 Å². The SMILES string of the molecule is O=C/C(=C/CBr)c1ccccc1. The van der Waals surface area contributed by atoms with Crippen molar-refractivity contribution >= 4 is 27.8 Å². The third-order valence-electron chi connectivity index (χ3n) is 1.53. The third-order valence-corrected chi connectivity index (χ3v) is 1.85. The van der Waals surface area contributed by atoms with Gasteiger partial charge in [-0.3, -0.25) is 4.79 Å². The van der Waals surface area contributed by atoms with Crippen LogP contribution in [-0.4, -0.2) is 11.6 Å². The molecule has 62 valence electrons. The van der Waals surface area contributed by atoms with Gasteiger partial charge in [-0.05, 0) is 5.56 Å². The first-order chi connectivity index (χ1) is 5.88. The van der Waals surface area contributed by atoms with Crippen molar-refractivity contribution in [1.29, 1.82) is 0 Å². The Kier molecular flexibility index (Phi) is 3.74. The molecule has 0 aliphatic rings. The van der Waals surface area contributed by atoms with Crippen LogP contribution < -0.4 is 0 Å². The van der Waals surface area contributed by atoms with Gasteiger partial charge in [0.05, 0.1) is 0 Å². The average molecular weight is 225 g/mol. The van der Waals surface area contributed by atoms with E-state index >= 15 is 0 Å². The van der Waals surface area contributed by atoms with Crippen molar-refractivity contribution in [3.05, 3.63) is 42.0 Å². The fraction of sp³-hybridized carbons (Fsp3) is 0.100. The molecule has 0 radical (unpaired) electrons. The molecule has 0 saturated heterocycles. The van der Waals surface area contributed by atoms with E-state index in [1.807, 2.05) is 36.4 Å². The molecule has 0 amide bonds. The van der Waals surface area contributed by atoms with Gasteiger partial charge in [-0.25, -0.2) is 0 Å². The van der Waals surface area contributed by atoms with Crippen molar-refractivity contribution in [2.45, 2.75) is 0 Å². The molecule has 0 unspecified atom stereocenters. The van der Waals surface area contributed by atoms with Gasteiger partial charge in [0, 0.05) is 10.9 Å². The van der Waals surface area contributed by atoms with E-state index < -0.39 is 0 Å². The molecule has 1 nitrogen and oxygen atoms in total. The van der Waals surface area contributed by atoms with Crippen molar-refractivity contribution < 1.29 is 4.79 Å². The highest BCUT2D eigenvalue weighted by Crippen LogP contribution is 2.11. The number of benzene rings is 1. The van der Waals surface area contributed by atoms with E-state index in [4.69, 9.17) is 0 Å². The highest BCUT2D eigenvalue weighted by atomic mass is 79.9. The third kappa shape index (κ3) is 2.31. The van der Waals surface area contributed by atoms with Gasteiger partial charge in [-0.2, -0.15) is 0 Å². The quantitative estimate of drug-likeness (QED) is 0.439. The molecule has 0 saturated carbocycles. The Bertz CT molecular complexity index is 277. The lowest BCUT2D eigenvalue weighted by molar-refractivity contribution is -0.103. The van der Waals surface area contributed by atoms with E-state index in [0.29, 0.717) is 5.33 Å². The molecule has 0 aliphatic carbocycles. The summed E-state index contributed by atoms with van der Waals surface area (Å²) in [5, 5.41) is 0.704. The zero-order valence-corrected chi connectivity index (χ0v) is 8.12. The van der Waals surface area contributed by atoms with Crippen molar-refractivity contribution in [2.24, 2.45) is 0 Å². The van der Waals surface area contributed by atoms with Crippen LogP contribution in [0.15, 0.2) is 36.4 Å². The minimum atomic E-state index is 0.704. The largest absolute Gasteiger partial charge is 0.298 e. The van der Waals surface area contributed by atoms with E-state index in [0.717, 1.165) is 17.4 Å². The zero-order chi connectivity index (χ0) is 8.81. The molecule has 0 atom stereocenters. The Morgan fingerprint density at radius 3 is 2.50 bits per heavy atom. The minimum absolute atomic E-state index is 0.704. The molecule has 1 aromatic rings. The van der Waals surface area contributed by atoms with Gasteiger partial charge in [-0.1, -0.05) is 52.3 Å². The topological polar surface area (TPSA) is 17.1 Å². The maximum Gasteiger partial charge on any atom is 0.150 e. The molecule has 12 heavy (non-hydrogen) atoms. The Hall–Kier alpha value is -0.890. The second kappa shape index (κ2) is 4.88. The van der Waals surface area contributed by atoms with E-state index in [9.17, 15) is 4.79 Å². The van der Waals surface area contributed by atoms with Crippen molar-refractivity contribution in [3.8, 4) is 0 Å². The number of alkyl halides is 1. The second-order valence-corrected chi connectivity index (χ2v) is 2.95. The number of hydrogen-bond acceptors (Lipinski definition) is 1. The Morgan fingerprint density at radius 1 is 1.33 bits per heavy atom. The van der Waals surface area contributed by atoms with Crippen molar-refractivity contribution in [1.82, 2.24) is 0 Å². The van der Waals surface area contributed by atoms with Crippen LogP contribution in [0.2, 0.25) is 0 Å². The molecular weight excluding hydrogens is 216 g/mol. The predicted octanol–water partition coefficient (Wildman–Crippen LogP) is 2.66. The summed E-state index contributed by atoms with van der Waals surface area (Å²) in [5.74, 6) is 0. The number of allylic oxidation sites excluding steroid dienone is 2. The van der Waals surface area contributed by atoms with Crippen LogP contribution in [0.3, 0.4) is 0 Å². The first-order valence-corrected chi connectivity index (χ1v) is 4.77. The fourth-order valence-corrected chi connectivity index (χ4v) is 1.30. The van der Waals surface area contributed by atoms with Crippen LogP contribution in [0, 0.1) is 0 Å². The van der Waals surface area contributed by atoms with Gasteiger partial charge in [0.25, 0.3) is 0 Å². The lowest BCUT2D eigenvalue weighted by Gasteiger charge is -1.97. The van der Waals surface area contributed by atoms with Crippen LogP contribution in [0.1, 0.15) is 5.56 Å². The molecule has 0 bridgehead atoms. The summed E-state index contributed by atoms with van der Waals surface area (Å²) in [4.78, 5) is 10.6. The van der Waals surface area contributed by atoms with Crippen LogP contribution in [0.25, 0.3) is 5.57 Å². The van der Waals surface area contributed by atoms with Gasteiger partial charge in [0.1, 0.15) is 6.29 Å². The van der Waals surface area contributed by atoms with Gasteiger partial charge in [-0.15, -0.1) is 0 Å². The summed E-state index contributed by atoms with van der Waals surface area (Å²) in [7, 11) is 0. The van der Waals surface area contributed by atoms with E-state index in [1.165, 1.54) is 0 Å². The Balaban J connectivity index is 2.96. The standard InChI is InChI=1S/C10H9BrO/c11-7-6-10(8-12)9-4-2-1-3-5-9/h1-6,8H,7H2/b10-6-. The summed E-state index contributed by atoms with van der Waals surface area (Å²) >= 11 is 3.25. The van der Waals surface area contributed by atoms with Crippen LogP contribution >= 0.6 is 15.9 Å². The number of carbonyl (C=O) groups is 1. The van der Waals surface area contributed by atoms with Crippen LogP contribution in [0.4, 0.5) is 0 Å². The van der Waals surface area contributed by atoms with Crippen molar-refractivity contribution in [3.63, 3.8) is 0 Å². The zero-order valence-electron chi connectivity index (χ0n) is 6.53. The summed E-state index contributed by atoms with van der Waals surface area (Å²) in [5.41, 5.74) is 1.69. The smallest absolute Gasteiger partial charge is 0.150 e. The molecule has 0 heterocycles. The number of carbonyl (C=O) groups excluding carboxylic acids is 1. The van der Waals surface area contributed by atoms with E-state index in [1.54, 1.807) is 0 Å². The summed E-state index contributed by atoms with van der Waals surface area (Å²) in [6.07, 6.45) is 2.72. The van der Waals surface area contributed by atoms with Crippen LogP contribution in [-0.2, 0) is 4.79 Å². The number of rotatable bonds is 3. The molecule has 0 spiro atoms. The van der Waals surface area contributed by atoms with Crippen molar-refractivity contribution in [2.75, 3.05) is 5.33 Å². The Morgan fingerprint density at radius 2 is 2.00 bits per heavy atom. The molecule has 1 rings (SSSR count). The first kappa shape index (κ1) is 9.20. The summed E-state index contributed by atoms with van der Waals surface area (Å²) in [6.45, 7) is 0. The summed E-state index contributed by atoms with van der Waals surface area (Å²) in [6, 6.07) is 9.60. The maximum atomic E-state index is 10.6. The minimum Gasteiger partial charge on any atom is -0.298 e.